The molecule has 2 heterocycles. The monoisotopic (exact) mass is 379 g/mol. The van der Waals surface area contributed by atoms with E-state index in [1.165, 1.54) is 42.2 Å². The summed E-state index contributed by atoms with van der Waals surface area (Å²) in [4.78, 5) is 30.0. The first-order chi connectivity index (χ1) is 13.7. The summed E-state index contributed by atoms with van der Waals surface area (Å²) >= 11 is 0. The van der Waals surface area contributed by atoms with Crippen LogP contribution in [-0.2, 0) is 16.0 Å². The Hall–Kier alpha value is -2.56. The lowest BCUT2D eigenvalue weighted by Crippen LogP contribution is -2.34. The molecule has 148 valence electrons. The van der Waals surface area contributed by atoms with Gasteiger partial charge in [-0.3, -0.25) is 9.59 Å². The minimum absolute atomic E-state index is 0.00701. The number of benzene rings is 1. The number of H-pyrrole nitrogens is 1. The van der Waals surface area contributed by atoms with Crippen LogP contribution in [0.4, 0.5) is 0 Å². The van der Waals surface area contributed by atoms with E-state index in [2.05, 4.69) is 28.5 Å². The van der Waals surface area contributed by atoms with Gasteiger partial charge in [-0.05, 0) is 50.2 Å². The fraction of sp³-hybridized carbons (Fsp3) is 0.478. The molecular formula is C23H29N3O2. The highest BCUT2D eigenvalue weighted by Gasteiger charge is 2.33. The Morgan fingerprint density at radius 3 is 2.96 bits per heavy atom. The number of rotatable bonds is 7. The van der Waals surface area contributed by atoms with Crippen LogP contribution in [0, 0.1) is 5.92 Å². The van der Waals surface area contributed by atoms with Crippen LogP contribution in [0.15, 0.2) is 42.1 Å². The normalized spacial score (nSPS) is 19.9. The summed E-state index contributed by atoms with van der Waals surface area (Å²) in [6, 6.07) is 8.19. The van der Waals surface area contributed by atoms with Crippen LogP contribution in [0.2, 0.25) is 0 Å². The van der Waals surface area contributed by atoms with Crippen LogP contribution < -0.4 is 5.32 Å². The molecule has 1 unspecified atom stereocenters. The molecule has 1 aromatic heterocycles. The summed E-state index contributed by atoms with van der Waals surface area (Å²) in [6.07, 6.45) is 11.3. The van der Waals surface area contributed by atoms with Crippen molar-refractivity contribution < 1.29 is 9.59 Å². The number of likely N-dealkylation sites (tertiary alicyclic amines) is 1. The molecule has 1 aliphatic carbocycles. The van der Waals surface area contributed by atoms with Crippen molar-refractivity contribution in [2.24, 2.45) is 5.92 Å². The molecule has 5 heteroatoms. The highest BCUT2D eigenvalue weighted by molar-refractivity contribution is 5.89. The Balaban J connectivity index is 1.23. The van der Waals surface area contributed by atoms with Crippen molar-refractivity contribution in [2.75, 3.05) is 19.6 Å². The second-order valence-corrected chi connectivity index (χ2v) is 8.00. The van der Waals surface area contributed by atoms with Crippen LogP contribution >= 0.6 is 0 Å². The van der Waals surface area contributed by atoms with Crippen molar-refractivity contribution in [1.82, 2.24) is 15.2 Å². The van der Waals surface area contributed by atoms with Gasteiger partial charge in [0.15, 0.2) is 0 Å². The average Bonchev–Trinajstić information content (AvgIpc) is 3.31. The summed E-state index contributed by atoms with van der Waals surface area (Å²) in [5.74, 6) is -0.0865. The molecule has 1 saturated heterocycles. The lowest BCUT2D eigenvalue weighted by molar-refractivity contribution is -0.129. The minimum atomic E-state index is -0.212. The van der Waals surface area contributed by atoms with Gasteiger partial charge in [-0.1, -0.05) is 29.8 Å². The van der Waals surface area contributed by atoms with E-state index in [4.69, 9.17) is 0 Å². The highest BCUT2D eigenvalue weighted by atomic mass is 16.2. The van der Waals surface area contributed by atoms with Crippen molar-refractivity contribution in [2.45, 2.75) is 44.9 Å². The maximum atomic E-state index is 12.5. The second kappa shape index (κ2) is 8.63. The first-order valence-corrected chi connectivity index (χ1v) is 10.5. The van der Waals surface area contributed by atoms with Crippen molar-refractivity contribution >= 4 is 22.7 Å². The number of fused-ring (bicyclic) bond motifs is 1. The molecule has 0 bridgehead atoms. The maximum absolute atomic E-state index is 12.5. The lowest BCUT2D eigenvalue weighted by Gasteiger charge is -2.19. The third-order valence-electron chi connectivity index (χ3n) is 6.04. The predicted molar refractivity (Wildman–Crippen MR) is 111 cm³/mol. The third kappa shape index (κ3) is 4.29. The molecule has 5 nitrogen and oxygen atoms in total. The number of amides is 2. The molecule has 0 saturated carbocycles. The van der Waals surface area contributed by atoms with E-state index < -0.39 is 0 Å². The van der Waals surface area contributed by atoms with Crippen molar-refractivity contribution in [3.8, 4) is 0 Å². The van der Waals surface area contributed by atoms with Crippen molar-refractivity contribution in [3.05, 3.63) is 47.7 Å². The highest BCUT2D eigenvalue weighted by Crippen LogP contribution is 2.23. The van der Waals surface area contributed by atoms with Crippen LogP contribution in [0.25, 0.3) is 10.9 Å². The summed E-state index contributed by atoms with van der Waals surface area (Å²) in [6.45, 7) is 1.91. The van der Waals surface area contributed by atoms with Gasteiger partial charge in [0, 0.05) is 43.2 Å². The van der Waals surface area contributed by atoms with E-state index in [9.17, 15) is 9.59 Å². The average molecular weight is 380 g/mol. The standard InChI is InChI=1S/C23H29N3O2/c27-22-14-19(16-26(22)13-11-17-6-2-1-3-7-17)23(28)24-12-10-18-15-25-21-9-5-4-8-20(18)21/h4-6,8-9,15,19,25H,1-3,7,10-14,16H2,(H,24,28). The van der Waals surface area contributed by atoms with Crippen molar-refractivity contribution in [3.63, 3.8) is 0 Å². The molecule has 28 heavy (non-hydrogen) atoms. The maximum Gasteiger partial charge on any atom is 0.225 e. The Labute approximate surface area is 166 Å². The molecule has 1 aromatic carbocycles. The SMILES string of the molecule is O=C(NCCc1c[nH]c2ccccc12)C1CC(=O)N(CCC2=CCCCC2)C1. The van der Waals surface area contributed by atoms with Gasteiger partial charge >= 0.3 is 0 Å². The van der Waals surface area contributed by atoms with Gasteiger partial charge in [0.05, 0.1) is 5.92 Å². The van der Waals surface area contributed by atoms with E-state index in [0.717, 1.165) is 24.9 Å². The first kappa shape index (κ1) is 18.8. The second-order valence-electron chi connectivity index (χ2n) is 8.00. The lowest BCUT2D eigenvalue weighted by atomic mass is 9.97. The number of aromatic amines is 1. The topological polar surface area (TPSA) is 65.2 Å². The molecule has 1 fully saturated rings. The fourth-order valence-corrected chi connectivity index (χ4v) is 4.38. The fourth-order valence-electron chi connectivity index (χ4n) is 4.38. The van der Waals surface area contributed by atoms with Gasteiger partial charge in [0.1, 0.15) is 0 Å². The zero-order chi connectivity index (χ0) is 19.3. The number of aromatic nitrogens is 1. The molecule has 2 amide bonds. The molecule has 0 spiro atoms. The predicted octanol–water partition coefficient (Wildman–Crippen LogP) is 3.57. The number of nitrogens with zero attached hydrogens (tertiary/aromatic N) is 1. The Morgan fingerprint density at radius 1 is 1.21 bits per heavy atom. The quantitative estimate of drug-likeness (QED) is 0.723. The van der Waals surface area contributed by atoms with Gasteiger partial charge in [0.2, 0.25) is 11.8 Å². The largest absolute Gasteiger partial charge is 0.361 e. The Bertz CT molecular complexity index is 883. The van der Waals surface area contributed by atoms with E-state index in [1.54, 1.807) is 0 Å². The van der Waals surface area contributed by atoms with Gasteiger partial charge in [-0.2, -0.15) is 0 Å². The number of para-hydroxylation sites is 1. The summed E-state index contributed by atoms with van der Waals surface area (Å²) in [5, 5.41) is 4.24. The van der Waals surface area contributed by atoms with E-state index >= 15 is 0 Å². The Morgan fingerprint density at radius 2 is 2.11 bits per heavy atom. The van der Waals surface area contributed by atoms with Crippen molar-refractivity contribution in [1.29, 1.82) is 0 Å². The third-order valence-corrected chi connectivity index (χ3v) is 6.04. The number of hydrogen-bond acceptors (Lipinski definition) is 2. The molecule has 4 rings (SSSR count). The van der Waals surface area contributed by atoms with Crippen LogP contribution in [0.3, 0.4) is 0 Å². The van der Waals surface area contributed by atoms with Crippen LogP contribution in [0.5, 0.6) is 0 Å². The zero-order valence-corrected chi connectivity index (χ0v) is 16.4. The number of nitrogens with one attached hydrogen (secondary N) is 2. The molecular weight excluding hydrogens is 350 g/mol. The summed E-state index contributed by atoms with van der Waals surface area (Å²) < 4.78 is 0. The molecule has 1 aliphatic heterocycles. The van der Waals surface area contributed by atoms with Gasteiger partial charge < -0.3 is 15.2 Å². The van der Waals surface area contributed by atoms with E-state index in [0.29, 0.717) is 19.5 Å². The van der Waals surface area contributed by atoms with E-state index in [-0.39, 0.29) is 17.7 Å². The summed E-state index contributed by atoms with van der Waals surface area (Å²) in [7, 11) is 0. The molecule has 2 aliphatic rings. The molecule has 0 radical (unpaired) electrons. The van der Waals surface area contributed by atoms with Crippen LogP contribution in [-0.4, -0.2) is 41.3 Å². The number of hydrogen-bond donors (Lipinski definition) is 2. The van der Waals surface area contributed by atoms with E-state index in [1.807, 2.05) is 23.2 Å². The first-order valence-electron chi connectivity index (χ1n) is 10.5. The molecule has 2 aromatic rings. The Kier molecular flexibility index (Phi) is 5.79. The number of carbonyl (C=O) groups excluding carboxylic acids is 2. The van der Waals surface area contributed by atoms with Crippen LogP contribution in [0.1, 0.15) is 44.1 Å². The number of allylic oxidation sites excluding steroid dienone is 1. The molecule has 1 atom stereocenters. The number of carbonyl (C=O) groups is 2. The minimum Gasteiger partial charge on any atom is -0.361 e. The van der Waals surface area contributed by atoms with Gasteiger partial charge in [0.25, 0.3) is 0 Å². The summed E-state index contributed by atoms with van der Waals surface area (Å²) in [5.41, 5.74) is 3.81. The molecule has 2 N–H and O–H groups in total. The zero-order valence-electron chi connectivity index (χ0n) is 16.4. The van der Waals surface area contributed by atoms with Gasteiger partial charge in [-0.15, -0.1) is 0 Å². The smallest absolute Gasteiger partial charge is 0.225 e. The van der Waals surface area contributed by atoms with Gasteiger partial charge in [-0.25, -0.2) is 0 Å².